The van der Waals surface area contributed by atoms with Gasteiger partial charge in [-0.15, -0.1) is 0 Å². The standard InChI is InChI=1S/C11H16O3/c1-11(12,10(13-2)14-3)9-7-5-4-6-8-9/h4-8,10,12H,1-3H3. The van der Waals surface area contributed by atoms with Crippen molar-refractivity contribution in [1.29, 1.82) is 0 Å². The lowest BCUT2D eigenvalue weighted by molar-refractivity contribution is -0.213. The Balaban J connectivity index is 2.94. The first-order valence-corrected chi connectivity index (χ1v) is 4.46. The van der Waals surface area contributed by atoms with Crippen molar-refractivity contribution in [2.75, 3.05) is 14.2 Å². The van der Waals surface area contributed by atoms with Gasteiger partial charge in [-0.2, -0.15) is 0 Å². The van der Waals surface area contributed by atoms with Crippen molar-refractivity contribution < 1.29 is 14.6 Å². The highest BCUT2D eigenvalue weighted by Crippen LogP contribution is 2.26. The van der Waals surface area contributed by atoms with Crippen LogP contribution in [0.25, 0.3) is 0 Å². The maximum absolute atomic E-state index is 10.2. The Morgan fingerprint density at radius 3 is 2.07 bits per heavy atom. The number of aliphatic hydroxyl groups is 1. The molecule has 0 heterocycles. The first kappa shape index (κ1) is 11.2. The second-order valence-corrected chi connectivity index (χ2v) is 3.32. The average molecular weight is 196 g/mol. The van der Waals surface area contributed by atoms with Crippen LogP contribution in [-0.4, -0.2) is 25.6 Å². The number of hydrogen-bond donors (Lipinski definition) is 1. The summed E-state index contributed by atoms with van der Waals surface area (Å²) >= 11 is 0. The molecule has 1 unspecified atom stereocenters. The predicted octanol–water partition coefficient (Wildman–Crippen LogP) is 1.51. The van der Waals surface area contributed by atoms with Gasteiger partial charge in [-0.1, -0.05) is 30.3 Å². The van der Waals surface area contributed by atoms with Crippen molar-refractivity contribution in [2.24, 2.45) is 0 Å². The molecule has 0 aliphatic rings. The minimum absolute atomic E-state index is 0.662. The van der Waals surface area contributed by atoms with Crippen molar-refractivity contribution in [3.8, 4) is 0 Å². The van der Waals surface area contributed by atoms with E-state index < -0.39 is 11.9 Å². The van der Waals surface area contributed by atoms with Crippen LogP contribution in [0.2, 0.25) is 0 Å². The lowest BCUT2D eigenvalue weighted by Gasteiger charge is -2.30. The largest absolute Gasteiger partial charge is 0.380 e. The molecule has 1 aromatic rings. The fraction of sp³-hybridized carbons (Fsp3) is 0.455. The summed E-state index contributed by atoms with van der Waals surface area (Å²) in [6, 6.07) is 9.31. The molecule has 14 heavy (non-hydrogen) atoms. The van der Waals surface area contributed by atoms with Crippen molar-refractivity contribution in [2.45, 2.75) is 18.8 Å². The molecule has 78 valence electrons. The molecular weight excluding hydrogens is 180 g/mol. The highest BCUT2D eigenvalue weighted by atomic mass is 16.7. The smallest absolute Gasteiger partial charge is 0.189 e. The molecule has 0 amide bonds. The predicted molar refractivity (Wildman–Crippen MR) is 53.8 cm³/mol. The van der Waals surface area contributed by atoms with E-state index in [4.69, 9.17) is 9.47 Å². The van der Waals surface area contributed by atoms with E-state index in [-0.39, 0.29) is 0 Å². The van der Waals surface area contributed by atoms with Crippen LogP contribution in [0.15, 0.2) is 30.3 Å². The zero-order valence-corrected chi connectivity index (χ0v) is 8.73. The van der Waals surface area contributed by atoms with Gasteiger partial charge >= 0.3 is 0 Å². The normalized spacial score (nSPS) is 15.5. The van der Waals surface area contributed by atoms with Gasteiger partial charge in [0.25, 0.3) is 0 Å². The average Bonchev–Trinajstić information content (AvgIpc) is 2.20. The molecule has 0 aliphatic carbocycles. The number of rotatable bonds is 4. The second-order valence-electron chi connectivity index (χ2n) is 3.32. The van der Waals surface area contributed by atoms with Crippen LogP contribution in [0.4, 0.5) is 0 Å². The minimum atomic E-state index is -1.13. The monoisotopic (exact) mass is 196 g/mol. The Bertz CT molecular complexity index is 265. The van der Waals surface area contributed by atoms with Crippen LogP contribution >= 0.6 is 0 Å². The van der Waals surface area contributed by atoms with E-state index in [9.17, 15) is 5.11 Å². The third-order valence-corrected chi connectivity index (χ3v) is 2.25. The van der Waals surface area contributed by atoms with Gasteiger partial charge in [0.2, 0.25) is 0 Å². The molecular formula is C11H16O3. The first-order chi connectivity index (χ1) is 6.62. The van der Waals surface area contributed by atoms with E-state index >= 15 is 0 Å². The van der Waals surface area contributed by atoms with E-state index in [1.165, 1.54) is 14.2 Å². The van der Waals surface area contributed by atoms with Gasteiger partial charge in [-0.3, -0.25) is 0 Å². The number of ether oxygens (including phenoxy) is 2. The maximum Gasteiger partial charge on any atom is 0.189 e. The molecule has 3 nitrogen and oxygen atoms in total. The van der Waals surface area contributed by atoms with E-state index in [1.54, 1.807) is 6.92 Å². The fourth-order valence-corrected chi connectivity index (χ4v) is 1.47. The van der Waals surface area contributed by atoms with Gasteiger partial charge in [0.1, 0.15) is 5.60 Å². The van der Waals surface area contributed by atoms with Crippen LogP contribution in [-0.2, 0) is 15.1 Å². The Morgan fingerprint density at radius 1 is 1.14 bits per heavy atom. The summed E-state index contributed by atoms with van der Waals surface area (Å²) in [4.78, 5) is 0. The summed E-state index contributed by atoms with van der Waals surface area (Å²) in [5, 5.41) is 10.2. The lowest BCUT2D eigenvalue weighted by atomic mass is 9.95. The summed E-state index contributed by atoms with van der Waals surface area (Å²) in [6.45, 7) is 1.67. The molecule has 0 spiro atoms. The molecule has 0 fully saturated rings. The molecule has 0 saturated carbocycles. The molecule has 1 N–H and O–H groups in total. The molecule has 3 heteroatoms. The molecule has 0 radical (unpaired) electrons. The second kappa shape index (κ2) is 4.55. The minimum Gasteiger partial charge on any atom is -0.380 e. The van der Waals surface area contributed by atoms with Crippen LogP contribution < -0.4 is 0 Å². The van der Waals surface area contributed by atoms with Gasteiger partial charge < -0.3 is 14.6 Å². The molecule has 1 atom stereocenters. The highest BCUT2D eigenvalue weighted by Gasteiger charge is 2.33. The maximum atomic E-state index is 10.2. The SMILES string of the molecule is COC(OC)C(C)(O)c1ccccc1. The van der Waals surface area contributed by atoms with Crippen LogP contribution in [0.5, 0.6) is 0 Å². The van der Waals surface area contributed by atoms with Crippen molar-refractivity contribution in [1.82, 2.24) is 0 Å². The van der Waals surface area contributed by atoms with Crippen molar-refractivity contribution in [3.05, 3.63) is 35.9 Å². The molecule has 1 aromatic carbocycles. The van der Waals surface area contributed by atoms with Gasteiger partial charge in [-0.05, 0) is 12.5 Å². The number of benzene rings is 1. The van der Waals surface area contributed by atoms with E-state index in [2.05, 4.69) is 0 Å². The number of hydrogen-bond acceptors (Lipinski definition) is 3. The summed E-state index contributed by atoms with van der Waals surface area (Å²) in [5.41, 5.74) is -0.362. The summed E-state index contributed by atoms with van der Waals surface area (Å²) in [6.07, 6.45) is -0.662. The Morgan fingerprint density at radius 2 is 1.64 bits per heavy atom. The number of methoxy groups -OCH3 is 2. The molecule has 0 bridgehead atoms. The zero-order chi connectivity index (χ0) is 10.6. The summed E-state index contributed by atoms with van der Waals surface area (Å²) in [5.74, 6) is 0. The molecule has 0 saturated heterocycles. The first-order valence-electron chi connectivity index (χ1n) is 4.46. The van der Waals surface area contributed by atoms with Crippen molar-refractivity contribution >= 4 is 0 Å². The van der Waals surface area contributed by atoms with Crippen LogP contribution in [0.1, 0.15) is 12.5 Å². The summed E-state index contributed by atoms with van der Waals surface area (Å²) in [7, 11) is 3.01. The summed E-state index contributed by atoms with van der Waals surface area (Å²) < 4.78 is 10.1. The van der Waals surface area contributed by atoms with E-state index in [0.29, 0.717) is 0 Å². The topological polar surface area (TPSA) is 38.7 Å². The molecule has 0 aromatic heterocycles. The Hall–Kier alpha value is -0.900. The highest BCUT2D eigenvalue weighted by molar-refractivity contribution is 5.22. The van der Waals surface area contributed by atoms with Gasteiger partial charge in [-0.25, -0.2) is 0 Å². The van der Waals surface area contributed by atoms with Crippen LogP contribution in [0.3, 0.4) is 0 Å². The quantitative estimate of drug-likeness (QED) is 0.742. The Labute approximate surface area is 84.3 Å². The third kappa shape index (κ3) is 2.12. The molecule has 0 aliphatic heterocycles. The Kier molecular flexibility index (Phi) is 3.63. The van der Waals surface area contributed by atoms with Gasteiger partial charge in [0.15, 0.2) is 6.29 Å². The van der Waals surface area contributed by atoms with Crippen LogP contribution in [0, 0.1) is 0 Å². The van der Waals surface area contributed by atoms with Gasteiger partial charge in [0.05, 0.1) is 0 Å². The zero-order valence-electron chi connectivity index (χ0n) is 8.73. The fourth-order valence-electron chi connectivity index (χ4n) is 1.47. The van der Waals surface area contributed by atoms with Gasteiger partial charge in [0, 0.05) is 14.2 Å². The van der Waals surface area contributed by atoms with E-state index in [0.717, 1.165) is 5.56 Å². The molecule has 1 rings (SSSR count). The lowest BCUT2D eigenvalue weighted by Crippen LogP contribution is -2.39. The van der Waals surface area contributed by atoms with E-state index in [1.807, 2.05) is 30.3 Å². The van der Waals surface area contributed by atoms with Crippen molar-refractivity contribution in [3.63, 3.8) is 0 Å². The third-order valence-electron chi connectivity index (χ3n) is 2.25.